The number of hydrogen-bond acceptors (Lipinski definition) is 5. The summed E-state index contributed by atoms with van der Waals surface area (Å²) in [7, 11) is 0. The maximum Gasteiger partial charge on any atom is 0.343 e. The number of aromatic nitrogens is 1. The summed E-state index contributed by atoms with van der Waals surface area (Å²) in [6.45, 7) is 1.84. The number of halogens is 1. The molecule has 0 bridgehead atoms. The number of nitrogens with zero attached hydrogens (tertiary/aromatic N) is 2. The predicted octanol–water partition coefficient (Wildman–Crippen LogP) is 5.29. The summed E-state index contributed by atoms with van der Waals surface area (Å²) >= 11 is 5.94. The number of ether oxygens (including phenoxy) is 1. The lowest BCUT2D eigenvalue weighted by atomic mass is 10.1. The van der Waals surface area contributed by atoms with Crippen LogP contribution in [-0.2, 0) is 4.74 Å². The number of nitrogens with one attached hydrogen (secondary N) is 1. The first kappa shape index (κ1) is 18.5. The van der Waals surface area contributed by atoms with E-state index < -0.39 is 11.5 Å². The molecule has 0 radical (unpaired) electrons. The minimum atomic E-state index is -0.711. The van der Waals surface area contributed by atoms with Gasteiger partial charge in [-0.05, 0) is 37.3 Å². The zero-order valence-corrected chi connectivity index (χ0v) is 15.2. The van der Waals surface area contributed by atoms with Crippen LogP contribution in [0.5, 0.6) is 0 Å². The summed E-state index contributed by atoms with van der Waals surface area (Å²) < 4.78 is 4.94. The normalized spacial score (nSPS) is 10.9. The third-order valence-corrected chi connectivity index (χ3v) is 3.93. The lowest BCUT2D eigenvalue weighted by Crippen LogP contribution is -2.20. The SMILES string of the molecule is CCOC(=O)c1cc(N=Nc2ccccc2)c(-c2ccc(Cl)cc2)[nH]c1=O. The van der Waals surface area contributed by atoms with Crippen LogP contribution in [0.15, 0.2) is 75.7 Å². The molecule has 0 aliphatic heterocycles. The second kappa shape index (κ2) is 8.42. The highest BCUT2D eigenvalue weighted by molar-refractivity contribution is 6.30. The van der Waals surface area contributed by atoms with Crippen molar-refractivity contribution in [2.75, 3.05) is 6.61 Å². The van der Waals surface area contributed by atoms with Crippen molar-refractivity contribution in [1.29, 1.82) is 0 Å². The van der Waals surface area contributed by atoms with Gasteiger partial charge >= 0.3 is 5.97 Å². The molecule has 0 fully saturated rings. The highest BCUT2D eigenvalue weighted by atomic mass is 35.5. The highest BCUT2D eigenvalue weighted by Crippen LogP contribution is 2.30. The van der Waals surface area contributed by atoms with E-state index in [4.69, 9.17) is 16.3 Å². The molecule has 0 atom stereocenters. The maximum atomic E-state index is 12.4. The number of aromatic amines is 1. The van der Waals surface area contributed by atoms with E-state index in [0.29, 0.717) is 27.7 Å². The fourth-order valence-corrected chi connectivity index (χ4v) is 2.53. The third kappa shape index (κ3) is 4.48. The molecule has 3 rings (SSSR count). The fraction of sp³-hybridized carbons (Fsp3) is 0.100. The molecule has 0 spiro atoms. The molecule has 0 aliphatic rings. The maximum absolute atomic E-state index is 12.4. The Morgan fingerprint density at radius 1 is 1.07 bits per heavy atom. The Balaban J connectivity index is 2.12. The van der Waals surface area contributed by atoms with Crippen LogP contribution in [0.3, 0.4) is 0 Å². The fourth-order valence-electron chi connectivity index (χ4n) is 2.40. The molecule has 6 nitrogen and oxygen atoms in total. The molecule has 3 aromatic rings. The molecule has 1 aromatic heterocycles. The molecule has 136 valence electrons. The van der Waals surface area contributed by atoms with E-state index in [1.807, 2.05) is 18.2 Å². The summed E-state index contributed by atoms with van der Waals surface area (Å²) in [5, 5.41) is 8.98. The molecule has 0 aliphatic carbocycles. The van der Waals surface area contributed by atoms with E-state index >= 15 is 0 Å². The van der Waals surface area contributed by atoms with Gasteiger partial charge in [-0.25, -0.2) is 4.79 Å². The van der Waals surface area contributed by atoms with Gasteiger partial charge in [0.15, 0.2) is 0 Å². The van der Waals surface area contributed by atoms with Gasteiger partial charge in [0, 0.05) is 10.6 Å². The Morgan fingerprint density at radius 2 is 1.78 bits per heavy atom. The van der Waals surface area contributed by atoms with Crippen LogP contribution in [-0.4, -0.2) is 17.6 Å². The molecule has 0 saturated heterocycles. The molecular weight excluding hydrogens is 366 g/mol. The van der Waals surface area contributed by atoms with E-state index in [2.05, 4.69) is 15.2 Å². The predicted molar refractivity (Wildman–Crippen MR) is 104 cm³/mol. The molecular formula is C20H16ClN3O3. The smallest absolute Gasteiger partial charge is 0.343 e. The van der Waals surface area contributed by atoms with Crippen molar-refractivity contribution in [3.63, 3.8) is 0 Å². The number of benzene rings is 2. The first-order valence-corrected chi connectivity index (χ1v) is 8.63. The van der Waals surface area contributed by atoms with Crippen LogP contribution in [0.25, 0.3) is 11.3 Å². The van der Waals surface area contributed by atoms with Crippen LogP contribution in [0.1, 0.15) is 17.3 Å². The zero-order valence-electron chi connectivity index (χ0n) is 14.5. The molecule has 7 heteroatoms. The van der Waals surface area contributed by atoms with E-state index in [0.717, 1.165) is 0 Å². The van der Waals surface area contributed by atoms with E-state index in [-0.39, 0.29) is 12.2 Å². The largest absolute Gasteiger partial charge is 0.462 e. The van der Waals surface area contributed by atoms with Gasteiger partial charge in [0.1, 0.15) is 11.3 Å². The quantitative estimate of drug-likeness (QED) is 0.481. The topological polar surface area (TPSA) is 83.9 Å². The van der Waals surface area contributed by atoms with Crippen molar-refractivity contribution in [1.82, 2.24) is 4.98 Å². The van der Waals surface area contributed by atoms with Crippen molar-refractivity contribution in [2.45, 2.75) is 6.92 Å². The molecule has 27 heavy (non-hydrogen) atoms. The Bertz CT molecular complexity index is 1030. The summed E-state index contributed by atoms with van der Waals surface area (Å²) in [5.41, 5.74) is 1.42. The average molecular weight is 382 g/mol. The summed E-state index contributed by atoms with van der Waals surface area (Å²) in [6, 6.07) is 17.4. The van der Waals surface area contributed by atoms with Crippen LogP contribution >= 0.6 is 11.6 Å². The van der Waals surface area contributed by atoms with Gasteiger partial charge < -0.3 is 9.72 Å². The molecule has 1 heterocycles. The monoisotopic (exact) mass is 381 g/mol. The first-order chi connectivity index (χ1) is 13.1. The van der Waals surface area contributed by atoms with Gasteiger partial charge in [0.2, 0.25) is 0 Å². The molecule has 2 aromatic carbocycles. The van der Waals surface area contributed by atoms with Crippen molar-refractivity contribution < 1.29 is 9.53 Å². The van der Waals surface area contributed by atoms with E-state index in [1.54, 1.807) is 43.3 Å². The van der Waals surface area contributed by atoms with Gasteiger partial charge in [-0.3, -0.25) is 4.79 Å². The van der Waals surface area contributed by atoms with Gasteiger partial charge in [-0.15, -0.1) is 5.11 Å². The van der Waals surface area contributed by atoms with Crippen LogP contribution in [0.2, 0.25) is 5.02 Å². The minimum absolute atomic E-state index is 0.128. The van der Waals surface area contributed by atoms with E-state index in [9.17, 15) is 9.59 Å². The van der Waals surface area contributed by atoms with Crippen LogP contribution < -0.4 is 5.56 Å². The van der Waals surface area contributed by atoms with Crippen molar-refractivity contribution in [2.24, 2.45) is 10.2 Å². The van der Waals surface area contributed by atoms with Gasteiger partial charge in [-0.1, -0.05) is 41.9 Å². The molecule has 1 N–H and O–H groups in total. The third-order valence-electron chi connectivity index (χ3n) is 3.68. The summed E-state index contributed by atoms with van der Waals surface area (Å²) in [4.78, 5) is 27.1. The number of azo groups is 1. The number of carbonyl (C=O) groups is 1. The van der Waals surface area contributed by atoms with Gasteiger partial charge in [-0.2, -0.15) is 5.11 Å². The number of hydrogen-bond donors (Lipinski definition) is 1. The number of H-pyrrole nitrogens is 1. The standard InChI is InChI=1S/C20H16ClN3O3/c1-2-27-20(26)16-12-17(24-23-15-6-4-3-5-7-15)18(22-19(16)25)13-8-10-14(21)11-9-13/h3-12H,2H2,1H3,(H,22,25). The summed E-state index contributed by atoms with van der Waals surface area (Å²) in [5.74, 6) is -0.711. The summed E-state index contributed by atoms with van der Waals surface area (Å²) in [6.07, 6.45) is 0. The van der Waals surface area contributed by atoms with Gasteiger partial charge in [0.25, 0.3) is 5.56 Å². The molecule has 0 saturated carbocycles. The van der Waals surface area contributed by atoms with E-state index in [1.165, 1.54) is 6.07 Å². The minimum Gasteiger partial charge on any atom is -0.462 e. The zero-order chi connectivity index (χ0) is 19.2. The van der Waals surface area contributed by atoms with Crippen molar-refractivity contribution in [3.05, 3.63) is 81.6 Å². The Morgan fingerprint density at radius 3 is 2.44 bits per heavy atom. The number of rotatable bonds is 5. The highest BCUT2D eigenvalue weighted by Gasteiger charge is 2.17. The Labute approximate surface area is 160 Å². The first-order valence-electron chi connectivity index (χ1n) is 8.25. The lowest BCUT2D eigenvalue weighted by Gasteiger charge is -2.08. The molecule has 0 amide bonds. The molecule has 0 unspecified atom stereocenters. The van der Waals surface area contributed by atoms with Gasteiger partial charge in [0.05, 0.1) is 18.0 Å². The van der Waals surface area contributed by atoms with Crippen LogP contribution in [0, 0.1) is 0 Å². The Kier molecular flexibility index (Phi) is 5.78. The van der Waals surface area contributed by atoms with Crippen molar-refractivity contribution in [3.8, 4) is 11.3 Å². The lowest BCUT2D eigenvalue weighted by molar-refractivity contribution is 0.0524. The second-order valence-corrected chi connectivity index (χ2v) is 5.97. The number of carbonyl (C=O) groups excluding carboxylic acids is 1. The van der Waals surface area contributed by atoms with Crippen molar-refractivity contribution >= 4 is 28.9 Å². The Hall–Kier alpha value is -3.25. The average Bonchev–Trinajstić information content (AvgIpc) is 2.68. The number of pyridine rings is 1. The second-order valence-electron chi connectivity index (χ2n) is 5.54. The van der Waals surface area contributed by atoms with Crippen LogP contribution in [0.4, 0.5) is 11.4 Å². The number of esters is 1.